The number of halogens is 2. The van der Waals surface area contributed by atoms with E-state index in [-0.39, 0.29) is 5.56 Å². The molecule has 1 rings (SSSR count). The van der Waals surface area contributed by atoms with Crippen molar-refractivity contribution in [3.63, 3.8) is 0 Å². The van der Waals surface area contributed by atoms with Crippen molar-refractivity contribution in [3.8, 4) is 0 Å². The van der Waals surface area contributed by atoms with Crippen LogP contribution in [-0.2, 0) is 0 Å². The second-order valence-electron chi connectivity index (χ2n) is 2.64. The molecule has 0 saturated heterocycles. The summed E-state index contributed by atoms with van der Waals surface area (Å²) in [6.07, 6.45) is -0.973. The quantitative estimate of drug-likeness (QED) is 0.633. The first-order valence-electron chi connectivity index (χ1n) is 3.66. The minimum Gasteiger partial charge on any atom is -0.205 e. The fourth-order valence-corrected chi connectivity index (χ4v) is 1.07. The maximum Gasteiger partial charge on any atom is 0.264 e. The summed E-state index contributed by atoms with van der Waals surface area (Å²) in [4.78, 5) is 0. The van der Waals surface area contributed by atoms with E-state index >= 15 is 0 Å². The topological polar surface area (TPSA) is 0 Å². The highest BCUT2D eigenvalue weighted by Crippen LogP contribution is 2.24. The normalized spacial score (nSPS) is 10.3. The molecule has 0 aliphatic rings. The van der Waals surface area contributed by atoms with Gasteiger partial charge in [-0.2, -0.15) is 0 Å². The molecule has 0 aliphatic heterocycles. The van der Waals surface area contributed by atoms with E-state index in [0.29, 0.717) is 5.56 Å². The van der Waals surface area contributed by atoms with Crippen LogP contribution in [0.5, 0.6) is 0 Å². The zero-order chi connectivity index (χ0) is 9.14. The lowest BCUT2D eigenvalue weighted by molar-refractivity contribution is 0.151. The van der Waals surface area contributed by atoms with Crippen molar-refractivity contribution < 1.29 is 8.78 Å². The van der Waals surface area contributed by atoms with Gasteiger partial charge < -0.3 is 0 Å². The Morgan fingerprint density at radius 1 is 1.42 bits per heavy atom. The molecule has 1 aromatic carbocycles. The molecule has 0 radical (unpaired) electrons. The van der Waals surface area contributed by atoms with Crippen LogP contribution in [0.1, 0.15) is 23.1 Å². The zero-order valence-corrected chi connectivity index (χ0v) is 6.85. The molecule has 12 heavy (non-hydrogen) atoms. The van der Waals surface area contributed by atoms with Crippen LogP contribution >= 0.6 is 0 Å². The molecule has 0 fully saturated rings. The first-order chi connectivity index (χ1) is 5.65. The molecule has 1 aromatic rings. The standard InChI is InChI=1S/C10H10F2/c1-3-8-5-4-7(2)6-9(8)10(11)12/h3-6,10H,1H2,2H3. The molecule has 0 aromatic heterocycles. The average molecular weight is 168 g/mol. The summed E-state index contributed by atoms with van der Waals surface area (Å²) in [5, 5.41) is 0. The third kappa shape index (κ3) is 1.70. The first-order valence-corrected chi connectivity index (χ1v) is 3.66. The van der Waals surface area contributed by atoms with Crippen molar-refractivity contribution in [2.75, 3.05) is 0 Å². The predicted molar refractivity (Wildman–Crippen MR) is 46.2 cm³/mol. The minimum atomic E-state index is -2.42. The molecule has 0 unspecified atom stereocenters. The van der Waals surface area contributed by atoms with Gasteiger partial charge in [-0.25, -0.2) is 8.78 Å². The Balaban J connectivity index is 3.21. The van der Waals surface area contributed by atoms with Crippen molar-refractivity contribution in [1.29, 1.82) is 0 Å². The molecule has 0 atom stereocenters. The highest BCUT2D eigenvalue weighted by atomic mass is 19.3. The van der Waals surface area contributed by atoms with Crippen LogP contribution in [-0.4, -0.2) is 0 Å². The molecular weight excluding hydrogens is 158 g/mol. The van der Waals surface area contributed by atoms with E-state index in [1.165, 1.54) is 12.1 Å². The van der Waals surface area contributed by atoms with Gasteiger partial charge in [0.2, 0.25) is 0 Å². The SMILES string of the molecule is C=Cc1ccc(C)cc1C(F)F. The van der Waals surface area contributed by atoms with Crippen molar-refractivity contribution in [3.05, 3.63) is 41.5 Å². The maximum absolute atomic E-state index is 12.3. The van der Waals surface area contributed by atoms with E-state index < -0.39 is 6.43 Å². The van der Waals surface area contributed by atoms with Crippen LogP contribution in [0.15, 0.2) is 24.8 Å². The second-order valence-corrected chi connectivity index (χ2v) is 2.64. The molecule has 0 N–H and O–H groups in total. The van der Waals surface area contributed by atoms with E-state index in [1.54, 1.807) is 19.1 Å². The van der Waals surface area contributed by atoms with Gasteiger partial charge in [-0.3, -0.25) is 0 Å². The largest absolute Gasteiger partial charge is 0.264 e. The summed E-state index contributed by atoms with van der Waals surface area (Å²) < 4.78 is 24.7. The summed E-state index contributed by atoms with van der Waals surface area (Å²) in [5.41, 5.74) is 1.41. The van der Waals surface area contributed by atoms with E-state index in [0.717, 1.165) is 5.56 Å². The molecule has 0 nitrogen and oxygen atoms in total. The number of benzene rings is 1. The van der Waals surface area contributed by atoms with Gasteiger partial charge in [0, 0.05) is 5.56 Å². The Labute approximate surface area is 70.5 Å². The van der Waals surface area contributed by atoms with Crippen LogP contribution in [0, 0.1) is 6.92 Å². The Hall–Kier alpha value is -1.18. The molecule has 2 heteroatoms. The van der Waals surface area contributed by atoms with Crippen LogP contribution in [0.2, 0.25) is 0 Å². The maximum atomic E-state index is 12.3. The monoisotopic (exact) mass is 168 g/mol. The molecule has 0 heterocycles. The van der Waals surface area contributed by atoms with Gasteiger partial charge in [-0.1, -0.05) is 30.4 Å². The summed E-state index contributed by atoms with van der Waals surface area (Å²) in [7, 11) is 0. The van der Waals surface area contributed by atoms with Gasteiger partial charge in [0.15, 0.2) is 0 Å². The molecular formula is C10H10F2. The lowest BCUT2D eigenvalue weighted by Gasteiger charge is -2.05. The molecule has 0 amide bonds. The summed E-state index contributed by atoms with van der Waals surface area (Å²) in [6.45, 7) is 5.26. The van der Waals surface area contributed by atoms with E-state index in [4.69, 9.17) is 0 Å². The van der Waals surface area contributed by atoms with Crippen LogP contribution in [0.25, 0.3) is 6.08 Å². The summed E-state index contributed by atoms with van der Waals surface area (Å²) >= 11 is 0. The third-order valence-electron chi connectivity index (χ3n) is 1.70. The van der Waals surface area contributed by atoms with Gasteiger partial charge in [0.05, 0.1) is 0 Å². The zero-order valence-electron chi connectivity index (χ0n) is 6.85. The van der Waals surface area contributed by atoms with Gasteiger partial charge in [-0.05, 0) is 18.6 Å². The predicted octanol–water partition coefficient (Wildman–Crippen LogP) is 3.58. The number of aryl methyl sites for hydroxylation is 1. The molecule has 0 saturated carbocycles. The van der Waals surface area contributed by atoms with Crippen molar-refractivity contribution >= 4 is 6.08 Å². The Kier molecular flexibility index (Phi) is 2.58. The van der Waals surface area contributed by atoms with Gasteiger partial charge in [-0.15, -0.1) is 0 Å². The van der Waals surface area contributed by atoms with Gasteiger partial charge in [0.25, 0.3) is 6.43 Å². The van der Waals surface area contributed by atoms with Crippen molar-refractivity contribution in [1.82, 2.24) is 0 Å². The van der Waals surface area contributed by atoms with Crippen LogP contribution in [0.3, 0.4) is 0 Å². The number of rotatable bonds is 2. The number of hydrogen-bond acceptors (Lipinski definition) is 0. The third-order valence-corrected chi connectivity index (χ3v) is 1.70. The van der Waals surface area contributed by atoms with Gasteiger partial charge in [0.1, 0.15) is 0 Å². The fourth-order valence-electron chi connectivity index (χ4n) is 1.07. The van der Waals surface area contributed by atoms with Gasteiger partial charge >= 0.3 is 0 Å². The second kappa shape index (κ2) is 3.48. The van der Waals surface area contributed by atoms with Crippen molar-refractivity contribution in [2.24, 2.45) is 0 Å². The Morgan fingerprint density at radius 3 is 2.58 bits per heavy atom. The van der Waals surface area contributed by atoms with Crippen LogP contribution in [0.4, 0.5) is 8.78 Å². The lowest BCUT2D eigenvalue weighted by atomic mass is 10.1. The van der Waals surface area contributed by atoms with Crippen LogP contribution < -0.4 is 0 Å². The molecule has 0 spiro atoms. The minimum absolute atomic E-state index is 0.0602. The van der Waals surface area contributed by atoms with Crippen molar-refractivity contribution in [2.45, 2.75) is 13.3 Å². The summed E-state index contributed by atoms with van der Waals surface area (Å²) in [5.74, 6) is 0. The fraction of sp³-hybridized carbons (Fsp3) is 0.200. The molecule has 64 valence electrons. The highest BCUT2D eigenvalue weighted by Gasteiger charge is 2.10. The lowest BCUT2D eigenvalue weighted by Crippen LogP contribution is -1.89. The summed E-state index contributed by atoms with van der Waals surface area (Å²) in [6, 6.07) is 4.94. The Bertz CT molecular complexity index is 290. The number of alkyl halides is 2. The molecule has 0 aliphatic carbocycles. The highest BCUT2D eigenvalue weighted by molar-refractivity contribution is 5.53. The average Bonchev–Trinajstić information content (AvgIpc) is 2.04. The smallest absolute Gasteiger partial charge is 0.205 e. The first kappa shape index (κ1) is 8.91. The number of hydrogen-bond donors (Lipinski definition) is 0. The molecule has 0 bridgehead atoms. The Morgan fingerprint density at radius 2 is 2.08 bits per heavy atom. The van der Waals surface area contributed by atoms with E-state index in [1.807, 2.05) is 0 Å². The van der Waals surface area contributed by atoms with E-state index in [2.05, 4.69) is 6.58 Å². The van der Waals surface area contributed by atoms with E-state index in [9.17, 15) is 8.78 Å².